The van der Waals surface area contributed by atoms with E-state index in [9.17, 15) is 9.90 Å². The number of aliphatic hydroxyl groups excluding tert-OH is 1. The smallest absolute Gasteiger partial charge is 0.308 e. The van der Waals surface area contributed by atoms with Crippen molar-refractivity contribution in [1.82, 2.24) is 5.32 Å². The first kappa shape index (κ1) is 17.4. The van der Waals surface area contributed by atoms with Crippen molar-refractivity contribution in [1.29, 1.82) is 0 Å². The zero-order valence-electron chi connectivity index (χ0n) is 12.1. The van der Waals surface area contributed by atoms with Gasteiger partial charge in [-0.25, -0.2) is 0 Å². The maximum absolute atomic E-state index is 11.2. The minimum absolute atomic E-state index is 0.0768. The molecule has 4 nitrogen and oxygen atoms in total. The second kappa shape index (κ2) is 11.5. The van der Waals surface area contributed by atoms with E-state index in [0.29, 0.717) is 19.2 Å². The molecule has 0 saturated heterocycles. The Morgan fingerprint density at radius 1 is 1.22 bits per heavy atom. The van der Waals surface area contributed by atoms with E-state index in [-0.39, 0.29) is 12.4 Å². The Balaban J connectivity index is 3.83. The monoisotopic (exact) mass is 259 g/mol. The quantitative estimate of drug-likeness (QED) is 0.559. The largest absolute Gasteiger partial charge is 0.466 e. The van der Waals surface area contributed by atoms with E-state index < -0.39 is 6.10 Å². The van der Waals surface area contributed by atoms with E-state index in [1.807, 2.05) is 0 Å². The minimum Gasteiger partial charge on any atom is -0.466 e. The molecule has 2 N–H and O–H groups in total. The highest BCUT2D eigenvalue weighted by molar-refractivity contribution is 5.69. The van der Waals surface area contributed by atoms with Crippen LogP contribution < -0.4 is 5.32 Å². The Labute approximate surface area is 111 Å². The van der Waals surface area contributed by atoms with Crippen LogP contribution >= 0.6 is 0 Å². The van der Waals surface area contributed by atoms with E-state index in [0.717, 1.165) is 19.3 Å². The highest BCUT2D eigenvalue weighted by Gasteiger charge is 2.13. The number of carbonyl (C=O) groups excluding carboxylic acids is 1. The Morgan fingerprint density at radius 2 is 1.94 bits per heavy atom. The molecule has 0 radical (unpaired) electrons. The SMILES string of the molecule is CCCCC(CCC)NCC(O)CC(=O)OCC. The van der Waals surface area contributed by atoms with Crippen LogP contribution in [0.4, 0.5) is 0 Å². The van der Waals surface area contributed by atoms with Crippen molar-refractivity contribution in [3.05, 3.63) is 0 Å². The standard InChI is InChI=1S/C14H29NO3/c1-4-7-9-12(8-5-2)15-11-13(16)10-14(17)18-6-3/h12-13,15-16H,4-11H2,1-3H3. The van der Waals surface area contributed by atoms with Crippen molar-refractivity contribution < 1.29 is 14.6 Å². The molecular formula is C14H29NO3. The van der Waals surface area contributed by atoms with Crippen LogP contribution in [-0.2, 0) is 9.53 Å². The molecule has 0 aromatic heterocycles. The molecule has 108 valence electrons. The van der Waals surface area contributed by atoms with Gasteiger partial charge in [0.05, 0.1) is 19.1 Å². The summed E-state index contributed by atoms with van der Waals surface area (Å²) in [5.74, 6) is -0.326. The average molecular weight is 259 g/mol. The molecule has 0 aliphatic carbocycles. The van der Waals surface area contributed by atoms with E-state index in [1.165, 1.54) is 12.8 Å². The summed E-state index contributed by atoms with van der Waals surface area (Å²) in [6.45, 7) is 6.94. The van der Waals surface area contributed by atoms with Gasteiger partial charge in [0.2, 0.25) is 0 Å². The van der Waals surface area contributed by atoms with Crippen LogP contribution in [0.25, 0.3) is 0 Å². The third-order valence-electron chi connectivity index (χ3n) is 2.89. The average Bonchev–Trinajstić information content (AvgIpc) is 2.33. The Bertz CT molecular complexity index is 209. The van der Waals surface area contributed by atoms with Gasteiger partial charge in [0.25, 0.3) is 0 Å². The fraction of sp³-hybridized carbons (Fsp3) is 0.929. The van der Waals surface area contributed by atoms with E-state index in [2.05, 4.69) is 19.2 Å². The summed E-state index contributed by atoms with van der Waals surface area (Å²) in [4.78, 5) is 11.2. The summed E-state index contributed by atoms with van der Waals surface area (Å²) in [6, 6.07) is 0.451. The zero-order valence-corrected chi connectivity index (χ0v) is 12.1. The van der Waals surface area contributed by atoms with E-state index in [4.69, 9.17) is 4.74 Å². The van der Waals surface area contributed by atoms with Crippen LogP contribution in [0.1, 0.15) is 59.3 Å². The third kappa shape index (κ3) is 9.42. The fourth-order valence-electron chi connectivity index (χ4n) is 1.93. The maximum atomic E-state index is 11.2. The Hall–Kier alpha value is -0.610. The number of unbranched alkanes of at least 4 members (excludes halogenated alkanes) is 1. The van der Waals surface area contributed by atoms with Gasteiger partial charge < -0.3 is 15.2 Å². The van der Waals surface area contributed by atoms with Gasteiger partial charge in [0.15, 0.2) is 0 Å². The lowest BCUT2D eigenvalue weighted by atomic mass is 10.0. The van der Waals surface area contributed by atoms with Crippen molar-refractivity contribution in [3.63, 3.8) is 0 Å². The fourth-order valence-corrected chi connectivity index (χ4v) is 1.93. The molecule has 0 heterocycles. The van der Waals surface area contributed by atoms with Gasteiger partial charge in [-0.05, 0) is 19.8 Å². The van der Waals surface area contributed by atoms with Crippen LogP contribution in [0.5, 0.6) is 0 Å². The maximum Gasteiger partial charge on any atom is 0.308 e. The second-order valence-corrected chi connectivity index (χ2v) is 4.70. The Kier molecular flexibility index (Phi) is 11.1. The Morgan fingerprint density at radius 3 is 2.50 bits per heavy atom. The van der Waals surface area contributed by atoms with Crippen molar-refractivity contribution in [2.45, 2.75) is 71.4 Å². The van der Waals surface area contributed by atoms with Gasteiger partial charge in [-0.15, -0.1) is 0 Å². The first-order valence-electron chi connectivity index (χ1n) is 7.21. The lowest BCUT2D eigenvalue weighted by Crippen LogP contribution is -2.36. The molecule has 0 aliphatic rings. The summed E-state index contributed by atoms with van der Waals surface area (Å²) < 4.78 is 4.81. The molecule has 0 amide bonds. The number of aliphatic hydroxyl groups is 1. The lowest BCUT2D eigenvalue weighted by Gasteiger charge is -2.20. The van der Waals surface area contributed by atoms with Crippen LogP contribution in [0, 0.1) is 0 Å². The summed E-state index contributed by atoms with van der Waals surface area (Å²) in [5, 5.41) is 13.1. The predicted octanol–water partition coefficient (Wildman–Crippen LogP) is 2.25. The highest BCUT2D eigenvalue weighted by Crippen LogP contribution is 2.07. The number of rotatable bonds is 11. The predicted molar refractivity (Wildman–Crippen MR) is 73.5 cm³/mol. The van der Waals surface area contributed by atoms with Gasteiger partial charge >= 0.3 is 5.97 Å². The van der Waals surface area contributed by atoms with Crippen molar-refractivity contribution in [2.75, 3.05) is 13.2 Å². The summed E-state index contributed by atoms with van der Waals surface area (Å²) in [6.07, 6.45) is 5.20. The first-order valence-corrected chi connectivity index (χ1v) is 7.21. The van der Waals surface area contributed by atoms with Crippen LogP contribution in [0.3, 0.4) is 0 Å². The van der Waals surface area contributed by atoms with Crippen LogP contribution in [0.2, 0.25) is 0 Å². The molecule has 0 aromatic rings. The number of nitrogens with one attached hydrogen (secondary N) is 1. The van der Waals surface area contributed by atoms with Gasteiger partial charge in [-0.1, -0.05) is 33.1 Å². The van der Waals surface area contributed by atoms with Crippen molar-refractivity contribution in [2.24, 2.45) is 0 Å². The number of esters is 1. The molecule has 18 heavy (non-hydrogen) atoms. The van der Waals surface area contributed by atoms with Gasteiger partial charge in [-0.2, -0.15) is 0 Å². The topological polar surface area (TPSA) is 58.6 Å². The highest BCUT2D eigenvalue weighted by atomic mass is 16.5. The lowest BCUT2D eigenvalue weighted by molar-refractivity contribution is -0.145. The van der Waals surface area contributed by atoms with Gasteiger partial charge in [0, 0.05) is 12.6 Å². The van der Waals surface area contributed by atoms with Crippen LogP contribution in [-0.4, -0.2) is 36.4 Å². The molecule has 2 atom stereocenters. The molecule has 0 aromatic carbocycles. The molecule has 4 heteroatoms. The molecule has 2 unspecified atom stereocenters. The zero-order chi connectivity index (χ0) is 13.8. The third-order valence-corrected chi connectivity index (χ3v) is 2.89. The molecule has 0 rings (SSSR count). The summed E-state index contributed by atoms with van der Waals surface area (Å²) in [5.41, 5.74) is 0. The molecule has 0 fully saturated rings. The number of ether oxygens (including phenoxy) is 1. The van der Waals surface area contributed by atoms with Crippen LogP contribution in [0.15, 0.2) is 0 Å². The molecule has 0 saturated carbocycles. The molecular weight excluding hydrogens is 230 g/mol. The second-order valence-electron chi connectivity index (χ2n) is 4.70. The van der Waals surface area contributed by atoms with E-state index in [1.54, 1.807) is 6.92 Å². The number of hydrogen-bond acceptors (Lipinski definition) is 4. The van der Waals surface area contributed by atoms with Gasteiger partial charge in [0.1, 0.15) is 0 Å². The summed E-state index contributed by atoms with van der Waals surface area (Å²) in [7, 11) is 0. The summed E-state index contributed by atoms with van der Waals surface area (Å²) >= 11 is 0. The number of hydrogen-bond donors (Lipinski definition) is 2. The van der Waals surface area contributed by atoms with E-state index >= 15 is 0 Å². The molecule has 0 aliphatic heterocycles. The minimum atomic E-state index is -0.648. The van der Waals surface area contributed by atoms with Crippen molar-refractivity contribution in [3.8, 4) is 0 Å². The molecule has 0 bridgehead atoms. The first-order chi connectivity index (χ1) is 8.63. The normalized spacial score (nSPS) is 14.2. The van der Waals surface area contributed by atoms with Gasteiger partial charge in [-0.3, -0.25) is 4.79 Å². The molecule has 0 spiro atoms. The van der Waals surface area contributed by atoms with Crippen molar-refractivity contribution >= 4 is 5.97 Å². The number of carbonyl (C=O) groups is 1.